The largest absolute Gasteiger partial charge is 0.466 e. The van der Waals surface area contributed by atoms with Gasteiger partial charge in [-0.1, -0.05) is 27.5 Å². The summed E-state index contributed by atoms with van der Waals surface area (Å²) in [5.74, 6) is -1.05. The van der Waals surface area contributed by atoms with Crippen LogP contribution in [0.15, 0.2) is 22.7 Å². The first-order valence-electron chi connectivity index (χ1n) is 3.95. The fraction of sp³-hybridized carbons (Fsp3) is 0.100. The van der Waals surface area contributed by atoms with E-state index in [0.717, 1.165) is 6.08 Å². The molecule has 0 radical (unpaired) electrons. The van der Waals surface area contributed by atoms with Crippen molar-refractivity contribution >= 4 is 39.6 Å². The number of rotatable bonds is 2. The van der Waals surface area contributed by atoms with Gasteiger partial charge in [-0.3, -0.25) is 0 Å². The zero-order valence-electron chi connectivity index (χ0n) is 7.76. The van der Waals surface area contributed by atoms with Crippen LogP contribution in [0.4, 0.5) is 4.39 Å². The summed E-state index contributed by atoms with van der Waals surface area (Å²) in [6, 6.07) is 2.71. The Hall–Kier alpha value is -0.870. The van der Waals surface area contributed by atoms with Crippen molar-refractivity contribution < 1.29 is 13.9 Å². The molecule has 0 N–H and O–H groups in total. The zero-order valence-corrected chi connectivity index (χ0v) is 10.1. The average molecular weight is 294 g/mol. The Balaban J connectivity index is 3.05. The molecule has 0 spiro atoms. The SMILES string of the molecule is COC(=O)C=Cc1c(F)cc(Cl)cc1Br. The Morgan fingerprint density at radius 3 is 2.80 bits per heavy atom. The zero-order chi connectivity index (χ0) is 11.4. The predicted molar refractivity (Wildman–Crippen MR) is 60.2 cm³/mol. The molecular formula is C10H7BrClFO2. The van der Waals surface area contributed by atoms with Crippen LogP contribution in [0.25, 0.3) is 6.08 Å². The number of carbonyl (C=O) groups is 1. The van der Waals surface area contributed by atoms with Gasteiger partial charge in [-0.2, -0.15) is 0 Å². The van der Waals surface area contributed by atoms with E-state index in [0.29, 0.717) is 4.47 Å². The van der Waals surface area contributed by atoms with Gasteiger partial charge in [0.1, 0.15) is 5.82 Å². The smallest absolute Gasteiger partial charge is 0.330 e. The molecule has 0 aromatic heterocycles. The van der Waals surface area contributed by atoms with Crippen LogP contribution in [0.3, 0.4) is 0 Å². The Bertz CT molecular complexity index is 395. The molecule has 0 unspecified atom stereocenters. The highest BCUT2D eigenvalue weighted by Gasteiger charge is 2.06. The molecule has 0 saturated heterocycles. The summed E-state index contributed by atoms with van der Waals surface area (Å²) in [5.41, 5.74) is 0.254. The number of carbonyl (C=O) groups excluding carboxylic acids is 1. The summed E-state index contributed by atoms with van der Waals surface area (Å²) in [6.45, 7) is 0. The van der Waals surface area contributed by atoms with Crippen LogP contribution in [0.1, 0.15) is 5.56 Å². The van der Waals surface area contributed by atoms with Gasteiger partial charge in [0.2, 0.25) is 0 Å². The molecule has 1 rings (SSSR count). The minimum atomic E-state index is -0.545. The third-order valence-corrected chi connectivity index (χ3v) is 2.51. The molecule has 0 aliphatic carbocycles. The number of esters is 1. The van der Waals surface area contributed by atoms with E-state index in [1.807, 2.05) is 0 Å². The minimum Gasteiger partial charge on any atom is -0.466 e. The number of benzene rings is 1. The van der Waals surface area contributed by atoms with Gasteiger partial charge < -0.3 is 4.74 Å². The molecule has 80 valence electrons. The summed E-state index contributed by atoms with van der Waals surface area (Å²) < 4.78 is 18.2. The maximum Gasteiger partial charge on any atom is 0.330 e. The van der Waals surface area contributed by atoms with Crippen molar-refractivity contribution in [1.29, 1.82) is 0 Å². The van der Waals surface area contributed by atoms with Crippen molar-refractivity contribution in [2.24, 2.45) is 0 Å². The first-order valence-corrected chi connectivity index (χ1v) is 5.12. The van der Waals surface area contributed by atoms with Crippen molar-refractivity contribution in [1.82, 2.24) is 0 Å². The lowest BCUT2D eigenvalue weighted by Gasteiger charge is -2.01. The van der Waals surface area contributed by atoms with Crippen LogP contribution in [-0.4, -0.2) is 13.1 Å². The fourth-order valence-corrected chi connectivity index (χ4v) is 1.84. The van der Waals surface area contributed by atoms with E-state index >= 15 is 0 Å². The molecule has 1 aromatic rings. The third-order valence-electron chi connectivity index (χ3n) is 1.63. The fourth-order valence-electron chi connectivity index (χ4n) is 0.932. The maximum atomic E-state index is 13.3. The first kappa shape index (κ1) is 12.2. The molecule has 15 heavy (non-hydrogen) atoms. The molecule has 0 amide bonds. The first-order chi connectivity index (χ1) is 7.04. The van der Waals surface area contributed by atoms with Crippen LogP contribution in [0.2, 0.25) is 5.02 Å². The quantitative estimate of drug-likeness (QED) is 0.617. The molecule has 0 fully saturated rings. The van der Waals surface area contributed by atoms with Gasteiger partial charge in [0, 0.05) is 21.1 Å². The van der Waals surface area contributed by atoms with E-state index < -0.39 is 11.8 Å². The number of hydrogen-bond donors (Lipinski definition) is 0. The van der Waals surface area contributed by atoms with E-state index in [1.165, 1.54) is 19.3 Å². The van der Waals surface area contributed by atoms with Crippen LogP contribution in [-0.2, 0) is 9.53 Å². The van der Waals surface area contributed by atoms with E-state index in [2.05, 4.69) is 20.7 Å². The van der Waals surface area contributed by atoms with E-state index in [1.54, 1.807) is 6.07 Å². The second-order valence-corrected chi connectivity index (χ2v) is 3.93. The van der Waals surface area contributed by atoms with Gasteiger partial charge in [0.05, 0.1) is 7.11 Å². The molecule has 0 atom stereocenters. The van der Waals surface area contributed by atoms with E-state index in [9.17, 15) is 9.18 Å². The van der Waals surface area contributed by atoms with E-state index in [4.69, 9.17) is 11.6 Å². The Labute approximate surface area is 99.8 Å². The summed E-state index contributed by atoms with van der Waals surface area (Å²) >= 11 is 8.77. The Morgan fingerprint density at radius 2 is 2.27 bits per heavy atom. The molecule has 1 aromatic carbocycles. The molecule has 0 aliphatic rings. The van der Waals surface area contributed by atoms with Gasteiger partial charge in [0.25, 0.3) is 0 Å². The van der Waals surface area contributed by atoms with Crippen molar-refractivity contribution in [3.05, 3.63) is 39.1 Å². The molecule has 0 aliphatic heterocycles. The summed E-state index contributed by atoms with van der Waals surface area (Å²) in [6.07, 6.45) is 2.46. The lowest BCUT2D eigenvalue weighted by atomic mass is 10.2. The number of ether oxygens (including phenoxy) is 1. The lowest BCUT2D eigenvalue weighted by Crippen LogP contribution is -1.94. The average Bonchev–Trinajstić information content (AvgIpc) is 2.15. The van der Waals surface area contributed by atoms with Crippen LogP contribution >= 0.6 is 27.5 Å². The minimum absolute atomic E-state index is 0.254. The number of methoxy groups -OCH3 is 1. The Morgan fingerprint density at radius 1 is 1.60 bits per heavy atom. The molecule has 0 saturated carbocycles. The van der Waals surface area contributed by atoms with Crippen LogP contribution < -0.4 is 0 Å². The van der Waals surface area contributed by atoms with Crippen LogP contribution in [0, 0.1) is 5.82 Å². The van der Waals surface area contributed by atoms with Crippen molar-refractivity contribution in [2.75, 3.05) is 7.11 Å². The van der Waals surface area contributed by atoms with Gasteiger partial charge in [-0.05, 0) is 18.2 Å². The topological polar surface area (TPSA) is 26.3 Å². The lowest BCUT2D eigenvalue weighted by molar-refractivity contribution is -0.134. The maximum absolute atomic E-state index is 13.3. The van der Waals surface area contributed by atoms with Crippen LogP contribution in [0.5, 0.6) is 0 Å². The number of halogens is 3. The highest BCUT2D eigenvalue weighted by Crippen LogP contribution is 2.25. The predicted octanol–water partition coefficient (Wildman–Crippen LogP) is 3.43. The monoisotopic (exact) mass is 292 g/mol. The van der Waals surface area contributed by atoms with Crippen molar-refractivity contribution in [2.45, 2.75) is 0 Å². The standard InChI is InChI=1S/C10H7BrClFO2/c1-15-10(14)3-2-7-8(11)4-6(12)5-9(7)13/h2-5H,1H3. The van der Waals surface area contributed by atoms with Gasteiger partial charge in [-0.15, -0.1) is 0 Å². The highest BCUT2D eigenvalue weighted by atomic mass is 79.9. The second-order valence-electron chi connectivity index (χ2n) is 2.64. The highest BCUT2D eigenvalue weighted by molar-refractivity contribution is 9.10. The van der Waals surface area contributed by atoms with E-state index in [-0.39, 0.29) is 10.6 Å². The Kier molecular flexibility index (Phi) is 4.29. The van der Waals surface area contributed by atoms with Gasteiger partial charge >= 0.3 is 5.97 Å². The third kappa shape index (κ3) is 3.32. The summed E-state index contributed by atoms with van der Waals surface area (Å²) in [4.78, 5) is 10.8. The molecule has 0 heterocycles. The normalized spacial score (nSPS) is 10.7. The summed E-state index contributed by atoms with van der Waals surface area (Å²) in [5, 5.41) is 0.287. The van der Waals surface area contributed by atoms with Crippen molar-refractivity contribution in [3.63, 3.8) is 0 Å². The van der Waals surface area contributed by atoms with Crippen molar-refractivity contribution in [3.8, 4) is 0 Å². The molecule has 2 nitrogen and oxygen atoms in total. The van der Waals surface area contributed by atoms with Gasteiger partial charge in [-0.25, -0.2) is 9.18 Å². The second kappa shape index (κ2) is 5.28. The number of hydrogen-bond acceptors (Lipinski definition) is 2. The van der Waals surface area contributed by atoms with Gasteiger partial charge in [0.15, 0.2) is 0 Å². The molecule has 5 heteroatoms. The molecule has 0 bridgehead atoms. The summed E-state index contributed by atoms with van der Waals surface area (Å²) in [7, 11) is 1.25. The molecular weight excluding hydrogens is 286 g/mol.